The normalized spacial score (nSPS) is 16.1. The highest BCUT2D eigenvalue weighted by Crippen LogP contribution is 2.31. The molecule has 2 aromatic carbocycles. The number of nitrogens with one attached hydrogen (secondary N) is 1. The average Bonchev–Trinajstić information content (AvgIpc) is 3.04. The number of hydrogen-bond acceptors (Lipinski definition) is 4. The molecular formula is C21H20BrClN2O4. The van der Waals surface area contributed by atoms with Crippen LogP contribution in [-0.4, -0.2) is 30.9 Å². The number of rotatable bonds is 5. The summed E-state index contributed by atoms with van der Waals surface area (Å²) in [6.45, 7) is 3.67. The standard InChI is InChI=1S/C21H20BrClN2O4/c1-12-4-3-5-13(2)20(12)25-10-14(8-19(25)27)21(28)29-11-18(26)24-15-6-7-16(22)17(23)9-15/h3-7,9,14H,8,10-11H2,1-2H3,(H,24,26)/t14-/m1/s1. The molecule has 0 radical (unpaired) electrons. The van der Waals surface area contributed by atoms with E-state index in [1.54, 1.807) is 23.1 Å². The molecule has 1 aliphatic heterocycles. The second-order valence-electron chi connectivity index (χ2n) is 6.93. The van der Waals surface area contributed by atoms with Gasteiger partial charge in [-0.15, -0.1) is 0 Å². The summed E-state index contributed by atoms with van der Waals surface area (Å²) in [6, 6.07) is 10.8. The van der Waals surface area contributed by atoms with Crippen LogP contribution in [-0.2, 0) is 19.1 Å². The lowest BCUT2D eigenvalue weighted by Gasteiger charge is -2.21. The van der Waals surface area contributed by atoms with Crippen LogP contribution in [0.1, 0.15) is 17.5 Å². The van der Waals surface area contributed by atoms with Gasteiger partial charge in [0.25, 0.3) is 5.91 Å². The van der Waals surface area contributed by atoms with Gasteiger partial charge in [0.15, 0.2) is 6.61 Å². The predicted molar refractivity (Wildman–Crippen MR) is 115 cm³/mol. The van der Waals surface area contributed by atoms with Crippen molar-refractivity contribution in [3.8, 4) is 0 Å². The minimum atomic E-state index is -0.601. The zero-order valence-electron chi connectivity index (χ0n) is 16.0. The first-order valence-corrected chi connectivity index (χ1v) is 10.2. The van der Waals surface area contributed by atoms with Gasteiger partial charge in [-0.3, -0.25) is 14.4 Å². The second-order valence-corrected chi connectivity index (χ2v) is 8.19. The number of hydrogen-bond donors (Lipinski definition) is 1. The van der Waals surface area contributed by atoms with E-state index >= 15 is 0 Å². The van der Waals surface area contributed by atoms with Crippen LogP contribution in [0, 0.1) is 19.8 Å². The first-order valence-electron chi connectivity index (χ1n) is 9.04. The van der Waals surface area contributed by atoms with E-state index in [-0.39, 0.29) is 18.9 Å². The maximum atomic E-state index is 12.5. The molecule has 1 saturated heterocycles. The van der Waals surface area contributed by atoms with E-state index in [0.717, 1.165) is 16.8 Å². The molecule has 0 aliphatic carbocycles. The van der Waals surface area contributed by atoms with Crippen molar-refractivity contribution in [2.75, 3.05) is 23.4 Å². The summed E-state index contributed by atoms with van der Waals surface area (Å²) in [5, 5.41) is 3.07. The van der Waals surface area contributed by atoms with E-state index in [9.17, 15) is 14.4 Å². The summed E-state index contributed by atoms with van der Waals surface area (Å²) in [5.74, 6) is -1.77. The SMILES string of the molecule is Cc1cccc(C)c1N1C[C@H](C(=O)OCC(=O)Nc2ccc(Br)c(Cl)c2)CC1=O. The topological polar surface area (TPSA) is 75.7 Å². The minimum Gasteiger partial charge on any atom is -0.455 e. The first-order chi connectivity index (χ1) is 13.8. The molecule has 1 heterocycles. The Morgan fingerprint density at radius 2 is 1.93 bits per heavy atom. The summed E-state index contributed by atoms with van der Waals surface area (Å²) in [4.78, 5) is 38.5. The third-order valence-corrected chi connectivity index (χ3v) is 5.95. The lowest BCUT2D eigenvalue weighted by Crippen LogP contribution is -2.29. The Hall–Kier alpha value is -2.38. The highest BCUT2D eigenvalue weighted by Gasteiger charge is 2.37. The van der Waals surface area contributed by atoms with Crippen molar-refractivity contribution in [1.29, 1.82) is 0 Å². The Bertz CT molecular complexity index is 959. The van der Waals surface area contributed by atoms with Gasteiger partial charge in [0.1, 0.15) is 0 Å². The van der Waals surface area contributed by atoms with Crippen molar-refractivity contribution in [3.05, 3.63) is 57.0 Å². The van der Waals surface area contributed by atoms with Crippen molar-refractivity contribution in [3.63, 3.8) is 0 Å². The number of amides is 2. The third kappa shape index (κ3) is 4.97. The van der Waals surface area contributed by atoms with Crippen LogP contribution in [0.15, 0.2) is 40.9 Å². The quantitative estimate of drug-likeness (QED) is 0.651. The molecular weight excluding hydrogens is 460 g/mol. The van der Waals surface area contributed by atoms with Gasteiger partial charge in [-0.2, -0.15) is 0 Å². The van der Waals surface area contributed by atoms with Gasteiger partial charge in [-0.1, -0.05) is 29.8 Å². The highest BCUT2D eigenvalue weighted by molar-refractivity contribution is 9.10. The molecule has 6 nitrogen and oxygen atoms in total. The van der Waals surface area contributed by atoms with Gasteiger partial charge >= 0.3 is 5.97 Å². The van der Waals surface area contributed by atoms with E-state index in [1.165, 1.54) is 0 Å². The van der Waals surface area contributed by atoms with Crippen LogP contribution in [0.3, 0.4) is 0 Å². The fourth-order valence-corrected chi connectivity index (χ4v) is 3.77. The lowest BCUT2D eigenvalue weighted by molar-refractivity contribution is -0.151. The van der Waals surface area contributed by atoms with Crippen molar-refractivity contribution in [2.24, 2.45) is 5.92 Å². The van der Waals surface area contributed by atoms with Gasteiger partial charge < -0.3 is 15.0 Å². The maximum absolute atomic E-state index is 12.5. The van der Waals surface area contributed by atoms with E-state index in [1.807, 2.05) is 32.0 Å². The zero-order valence-corrected chi connectivity index (χ0v) is 18.3. The van der Waals surface area contributed by atoms with E-state index in [2.05, 4.69) is 21.2 Å². The largest absolute Gasteiger partial charge is 0.455 e. The molecule has 0 saturated carbocycles. The molecule has 1 atom stereocenters. The molecule has 1 aliphatic rings. The number of benzene rings is 2. The molecule has 2 amide bonds. The number of nitrogens with zero attached hydrogens (tertiary/aromatic N) is 1. The molecule has 152 valence electrons. The molecule has 0 spiro atoms. The zero-order chi connectivity index (χ0) is 21.1. The number of aryl methyl sites for hydroxylation is 2. The Labute approximate surface area is 182 Å². The fourth-order valence-electron chi connectivity index (χ4n) is 3.34. The predicted octanol–water partition coefficient (Wildman–Crippen LogP) is 4.25. The Morgan fingerprint density at radius 3 is 2.59 bits per heavy atom. The minimum absolute atomic E-state index is 0.0660. The van der Waals surface area contributed by atoms with Gasteiger partial charge in [0.2, 0.25) is 5.91 Å². The van der Waals surface area contributed by atoms with Crippen molar-refractivity contribution in [1.82, 2.24) is 0 Å². The molecule has 29 heavy (non-hydrogen) atoms. The smallest absolute Gasteiger partial charge is 0.311 e. The van der Waals surface area contributed by atoms with E-state index in [4.69, 9.17) is 16.3 Å². The number of esters is 1. The number of halogens is 2. The van der Waals surface area contributed by atoms with Gasteiger partial charge in [0, 0.05) is 28.8 Å². The highest BCUT2D eigenvalue weighted by atomic mass is 79.9. The molecule has 0 unspecified atom stereocenters. The molecule has 3 rings (SSSR count). The van der Waals surface area contributed by atoms with Gasteiger partial charge in [0.05, 0.1) is 10.9 Å². The van der Waals surface area contributed by atoms with E-state index in [0.29, 0.717) is 15.2 Å². The number of anilines is 2. The fraction of sp³-hybridized carbons (Fsp3) is 0.286. The van der Waals surface area contributed by atoms with E-state index < -0.39 is 24.4 Å². The Morgan fingerprint density at radius 1 is 1.24 bits per heavy atom. The van der Waals surface area contributed by atoms with Crippen LogP contribution < -0.4 is 10.2 Å². The molecule has 1 fully saturated rings. The second kappa shape index (κ2) is 8.97. The molecule has 0 bridgehead atoms. The number of carbonyl (C=O) groups is 3. The lowest BCUT2D eigenvalue weighted by atomic mass is 10.1. The number of ether oxygens (including phenoxy) is 1. The maximum Gasteiger partial charge on any atom is 0.311 e. The summed E-state index contributed by atoms with van der Waals surface area (Å²) in [5.41, 5.74) is 3.27. The monoisotopic (exact) mass is 478 g/mol. The van der Waals surface area contributed by atoms with Crippen LogP contribution in [0.4, 0.5) is 11.4 Å². The van der Waals surface area contributed by atoms with Crippen molar-refractivity contribution < 1.29 is 19.1 Å². The molecule has 1 N–H and O–H groups in total. The summed E-state index contributed by atoms with van der Waals surface area (Å²) in [6.07, 6.45) is 0.0660. The number of carbonyl (C=O) groups excluding carboxylic acids is 3. The Balaban J connectivity index is 1.56. The molecule has 0 aromatic heterocycles. The third-order valence-electron chi connectivity index (χ3n) is 4.72. The van der Waals surface area contributed by atoms with Gasteiger partial charge in [-0.05, 0) is 59.1 Å². The van der Waals surface area contributed by atoms with Crippen molar-refractivity contribution >= 4 is 56.7 Å². The van der Waals surface area contributed by atoms with Crippen LogP contribution in [0.2, 0.25) is 5.02 Å². The average molecular weight is 480 g/mol. The van der Waals surface area contributed by atoms with Crippen LogP contribution in [0.5, 0.6) is 0 Å². The summed E-state index contributed by atoms with van der Waals surface area (Å²) >= 11 is 9.26. The summed E-state index contributed by atoms with van der Waals surface area (Å²) < 4.78 is 5.85. The molecule has 8 heteroatoms. The van der Waals surface area contributed by atoms with Crippen molar-refractivity contribution in [2.45, 2.75) is 20.3 Å². The first kappa shape index (κ1) is 21.3. The summed E-state index contributed by atoms with van der Waals surface area (Å²) in [7, 11) is 0. The van der Waals surface area contributed by atoms with Gasteiger partial charge in [-0.25, -0.2) is 0 Å². The van der Waals surface area contributed by atoms with Crippen LogP contribution in [0.25, 0.3) is 0 Å². The number of para-hydroxylation sites is 1. The van der Waals surface area contributed by atoms with Crippen LogP contribution >= 0.6 is 27.5 Å². The molecule has 2 aromatic rings. The Kier molecular flexibility index (Phi) is 6.59.